The van der Waals surface area contributed by atoms with Gasteiger partial charge in [-0.25, -0.2) is 4.98 Å². The predicted octanol–water partition coefficient (Wildman–Crippen LogP) is 3.34. The topological polar surface area (TPSA) is 79.6 Å². The normalized spacial score (nSPS) is 13.4. The first kappa shape index (κ1) is 20.0. The second-order valence-electron chi connectivity index (χ2n) is 8.41. The molecule has 0 spiro atoms. The summed E-state index contributed by atoms with van der Waals surface area (Å²) < 4.78 is 5.59. The lowest BCUT2D eigenvalue weighted by atomic mass is 9.79. The summed E-state index contributed by atoms with van der Waals surface area (Å²) in [5.74, 6) is 0.439. The minimum atomic E-state index is -0.381. The van der Waals surface area contributed by atoms with Gasteiger partial charge in [0.1, 0.15) is 17.6 Å². The van der Waals surface area contributed by atoms with Crippen molar-refractivity contribution in [3.05, 3.63) is 47.1 Å². The fourth-order valence-electron chi connectivity index (χ4n) is 2.69. The van der Waals surface area contributed by atoms with E-state index < -0.39 is 0 Å². The first-order chi connectivity index (χ1) is 11.9. The number of nitrogens with one attached hydrogen (secondary N) is 1. The predicted molar refractivity (Wildman–Crippen MR) is 101 cm³/mol. The summed E-state index contributed by atoms with van der Waals surface area (Å²) in [5, 5.41) is 12.7. The number of carbonyl (C=O) groups excluding carboxylic acids is 1. The second kappa shape index (κ2) is 7.13. The first-order valence-corrected chi connectivity index (χ1v) is 8.59. The van der Waals surface area contributed by atoms with E-state index in [0.29, 0.717) is 11.4 Å². The Morgan fingerprint density at radius 2 is 1.58 bits per heavy atom. The molecule has 1 heterocycles. The molecule has 0 saturated carbocycles. The molecule has 0 saturated heterocycles. The van der Waals surface area contributed by atoms with Gasteiger partial charge in [-0.15, -0.1) is 0 Å². The Labute approximate surface area is 154 Å². The zero-order valence-corrected chi connectivity index (χ0v) is 16.5. The van der Waals surface area contributed by atoms with Crippen molar-refractivity contribution in [2.75, 3.05) is 0 Å². The lowest BCUT2D eigenvalue weighted by Gasteiger charge is -2.31. The van der Waals surface area contributed by atoms with E-state index in [2.05, 4.69) is 9.97 Å². The van der Waals surface area contributed by atoms with Gasteiger partial charge in [-0.1, -0.05) is 41.5 Å². The molecule has 0 fully saturated rings. The first-order valence-electron chi connectivity index (χ1n) is 8.59. The van der Waals surface area contributed by atoms with Gasteiger partial charge in [-0.2, -0.15) is 0 Å². The maximum absolute atomic E-state index is 12.9. The van der Waals surface area contributed by atoms with Crippen LogP contribution in [0.3, 0.4) is 0 Å². The fourth-order valence-corrected chi connectivity index (χ4v) is 2.69. The van der Waals surface area contributed by atoms with Crippen molar-refractivity contribution in [1.82, 2.24) is 9.97 Å². The fraction of sp³-hybridized carbons (Fsp3) is 0.450. The molecule has 1 N–H and O–H groups in total. The van der Waals surface area contributed by atoms with Gasteiger partial charge in [-0.05, 0) is 10.8 Å². The molecular formula is C20H27N3O3. The average Bonchev–Trinajstić information content (AvgIpc) is 2.52. The molecule has 1 aromatic heterocycles. The number of carbonyl (C=O) groups is 1. The van der Waals surface area contributed by atoms with E-state index in [9.17, 15) is 10.0 Å². The Hall–Kier alpha value is -2.31. The van der Waals surface area contributed by atoms with Crippen LogP contribution in [0.5, 0.6) is 5.75 Å². The number of quaternary nitrogens is 1. The van der Waals surface area contributed by atoms with Crippen LogP contribution in [0, 0.1) is 5.21 Å². The third kappa shape index (κ3) is 4.45. The van der Waals surface area contributed by atoms with Crippen LogP contribution in [0.25, 0.3) is 0 Å². The van der Waals surface area contributed by atoms with E-state index in [1.165, 1.54) is 25.5 Å². The lowest BCUT2D eigenvalue weighted by molar-refractivity contribution is -0.701. The highest BCUT2D eigenvalue weighted by atomic mass is 16.5. The zero-order valence-electron chi connectivity index (χ0n) is 16.5. The lowest BCUT2D eigenvalue weighted by Crippen LogP contribution is -2.96. The van der Waals surface area contributed by atoms with Crippen molar-refractivity contribution >= 4 is 17.5 Å². The molecular weight excluding hydrogens is 330 g/mol. The Balaban J connectivity index is 2.74. The number of benzene rings is 1. The Kier molecular flexibility index (Phi) is 5.49. The number of nitrogens with zero attached hydrogens (tertiary/aromatic N) is 2. The molecule has 6 heteroatoms. The van der Waals surface area contributed by atoms with E-state index >= 15 is 0 Å². The summed E-state index contributed by atoms with van der Waals surface area (Å²) in [7, 11) is 0. The summed E-state index contributed by atoms with van der Waals surface area (Å²) in [6.45, 7) is 13.5. The molecule has 26 heavy (non-hydrogen) atoms. The van der Waals surface area contributed by atoms with Gasteiger partial charge in [-0.3, -0.25) is 14.8 Å². The van der Waals surface area contributed by atoms with E-state index in [1.54, 1.807) is 12.1 Å². The monoisotopic (exact) mass is 357 g/mol. The molecule has 2 rings (SSSR count). The van der Waals surface area contributed by atoms with Crippen molar-refractivity contribution in [3.8, 4) is 5.75 Å². The van der Waals surface area contributed by atoms with E-state index in [1.807, 2.05) is 41.5 Å². The number of ether oxygens (including phenoxy) is 1. The Morgan fingerprint density at radius 1 is 1.04 bits per heavy atom. The minimum Gasteiger partial charge on any atom is -0.622 e. The number of hydrogen-bond acceptors (Lipinski definition) is 5. The van der Waals surface area contributed by atoms with Gasteiger partial charge in [0.15, 0.2) is 0 Å². The van der Waals surface area contributed by atoms with Crippen LogP contribution in [0.1, 0.15) is 59.6 Å². The Bertz CT molecular complexity index is 755. The molecule has 0 aliphatic rings. The molecule has 0 radical (unpaired) electrons. The van der Waals surface area contributed by atoms with Crippen LogP contribution >= 0.6 is 0 Å². The van der Waals surface area contributed by atoms with E-state index in [0.717, 1.165) is 11.1 Å². The van der Waals surface area contributed by atoms with Gasteiger partial charge >= 0.3 is 5.97 Å². The van der Waals surface area contributed by atoms with Crippen LogP contribution < -0.4 is 9.80 Å². The highest BCUT2D eigenvalue weighted by molar-refractivity contribution is 5.72. The SMILES string of the molecule is CC(=O)Oc1c(C(C)(C)C)cc([NH+]([O-])c2cnccn2)cc1C(C)(C)C. The highest BCUT2D eigenvalue weighted by Crippen LogP contribution is 2.41. The standard InChI is InChI=1S/C20H27N3O3/c1-13(24)26-18-15(19(2,3)4)10-14(11-16(18)20(5,6)7)23(25)17-12-21-8-9-22-17/h8-12,23H,1-7H3. The van der Waals surface area contributed by atoms with Crippen molar-refractivity contribution in [2.45, 2.75) is 59.3 Å². The van der Waals surface area contributed by atoms with Crippen molar-refractivity contribution in [3.63, 3.8) is 0 Å². The van der Waals surface area contributed by atoms with Gasteiger partial charge in [0.05, 0.1) is 6.20 Å². The second-order valence-corrected chi connectivity index (χ2v) is 8.41. The molecule has 6 nitrogen and oxygen atoms in total. The van der Waals surface area contributed by atoms with Gasteiger partial charge in [0, 0.05) is 36.4 Å². The van der Waals surface area contributed by atoms with Crippen molar-refractivity contribution < 1.29 is 14.6 Å². The van der Waals surface area contributed by atoms with Crippen molar-refractivity contribution in [2.24, 2.45) is 0 Å². The smallest absolute Gasteiger partial charge is 0.308 e. The van der Waals surface area contributed by atoms with Crippen molar-refractivity contribution in [1.29, 1.82) is 0 Å². The summed E-state index contributed by atoms with van der Waals surface area (Å²) in [6, 6.07) is 3.59. The average molecular weight is 357 g/mol. The van der Waals surface area contributed by atoms with Crippen LogP contribution in [0.2, 0.25) is 0 Å². The summed E-state index contributed by atoms with van der Waals surface area (Å²) in [6.07, 6.45) is 4.48. The number of esters is 1. The molecule has 0 aliphatic carbocycles. The number of hydrogen-bond donors (Lipinski definition) is 1. The minimum absolute atomic E-state index is 0.205. The quantitative estimate of drug-likeness (QED) is 0.518. The van der Waals surface area contributed by atoms with E-state index in [4.69, 9.17) is 4.74 Å². The third-order valence-electron chi connectivity index (χ3n) is 4.01. The summed E-state index contributed by atoms with van der Waals surface area (Å²) in [5.41, 5.74) is 1.50. The molecule has 2 aromatic rings. The van der Waals surface area contributed by atoms with Gasteiger partial charge < -0.3 is 9.94 Å². The molecule has 0 amide bonds. The maximum Gasteiger partial charge on any atom is 0.308 e. The van der Waals surface area contributed by atoms with Crippen LogP contribution in [0.15, 0.2) is 30.7 Å². The molecule has 140 valence electrons. The van der Waals surface area contributed by atoms with Gasteiger partial charge in [0.2, 0.25) is 5.82 Å². The highest BCUT2D eigenvalue weighted by Gasteiger charge is 2.30. The zero-order chi connectivity index (χ0) is 19.7. The third-order valence-corrected chi connectivity index (χ3v) is 4.01. The summed E-state index contributed by atoms with van der Waals surface area (Å²) in [4.78, 5) is 19.8. The van der Waals surface area contributed by atoms with Crippen LogP contribution in [0.4, 0.5) is 11.5 Å². The van der Waals surface area contributed by atoms with E-state index in [-0.39, 0.29) is 27.7 Å². The number of aromatic nitrogens is 2. The molecule has 1 atom stereocenters. The maximum atomic E-state index is 12.9. The molecule has 0 bridgehead atoms. The van der Waals surface area contributed by atoms with Crippen LogP contribution in [-0.4, -0.2) is 15.9 Å². The van der Waals surface area contributed by atoms with Gasteiger partial charge in [0.25, 0.3) is 0 Å². The molecule has 0 aliphatic heterocycles. The molecule has 1 unspecified atom stereocenters. The largest absolute Gasteiger partial charge is 0.622 e. The summed E-state index contributed by atoms with van der Waals surface area (Å²) >= 11 is 0. The number of rotatable bonds is 3. The molecule has 1 aromatic carbocycles. The van der Waals surface area contributed by atoms with Crippen LogP contribution in [-0.2, 0) is 15.6 Å². The Morgan fingerprint density at radius 3 is 1.96 bits per heavy atom.